The first-order chi connectivity index (χ1) is 12.7. The van der Waals surface area contributed by atoms with Gasteiger partial charge < -0.3 is 25.0 Å². The highest BCUT2D eigenvalue weighted by molar-refractivity contribution is 5.80. The molecule has 156 valence electrons. The zero-order valence-electron chi connectivity index (χ0n) is 17.7. The molecule has 8 nitrogen and oxygen atoms in total. The lowest BCUT2D eigenvalue weighted by molar-refractivity contribution is -0.0174. The van der Waals surface area contributed by atoms with Gasteiger partial charge in [-0.3, -0.25) is 9.89 Å². The summed E-state index contributed by atoms with van der Waals surface area (Å²) in [4.78, 5) is 21.1. The Morgan fingerprint density at radius 2 is 2.11 bits per heavy atom. The first-order valence-corrected chi connectivity index (χ1v) is 9.98. The van der Waals surface area contributed by atoms with Crippen molar-refractivity contribution in [3.63, 3.8) is 0 Å². The summed E-state index contributed by atoms with van der Waals surface area (Å²) in [7, 11) is 1.80. The second-order valence-corrected chi connectivity index (χ2v) is 8.52. The molecule has 0 bridgehead atoms. The molecular formula is C19H37N5O3. The van der Waals surface area contributed by atoms with Gasteiger partial charge in [0.25, 0.3) is 0 Å². The van der Waals surface area contributed by atoms with E-state index in [1.807, 2.05) is 20.8 Å². The molecule has 1 amide bonds. The van der Waals surface area contributed by atoms with E-state index in [2.05, 4.69) is 39.3 Å². The number of nitrogens with one attached hydrogen (secondary N) is 2. The third-order valence-electron chi connectivity index (χ3n) is 4.96. The van der Waals surface area contributed by atoms with Crippen LogP contribution in [0.4, 0.5) is 4.79 Å². The van der Waals surface area contributed by atoms with E-state index in [0.717, 1.165) is 51.8 Å². The first-order valence-electron chi connectivity index (χ1n) is 9.98. The summed E-state index contributed by atoms with van der Waals surface area (Å²) in [6.07, 6.45) is 0.530. The van der Waals surface area contributed by atoms with Gasteiger partial charge in [-0.15, -0.1) is 0 Å². The van der Waals surface area contributed by atoms with Crippen LogP contribution >= 0.6 is 0 Å². The van der Waals surface area contributed by atoms with Crippen LogP contribution in [0.25, 0.3) is 0 Å². The fourth-order valence-corrected chi connectivity index (χ4v) is 3.63. The Morgan fingerprint density at radius 3 is 2.74 bits per heavy atom. The number of guanidine groups is 1. The molecule has 2 N–H and O–H groups in total. The van der Waals surface area contributed by atoms with Crippen molar-refractivity contribution >= 4 is 12.1 Å². The number of carbonyl (C=O) groups excluding carboxylic acids is 1. The van der Waals surface area contributed by atoms with E-state index < -0.39 is 5.60 Å². The Balaban J connectivity index is 1.78. The molecule has 0 saturated carbocycles. The zero-order chi connectivity index (χ0) is 20.0. The van der Waals surface area contributed by atoms with Crippen LogP contribution in [0.5, 0.6) is 0 Å². The molecule has 0 aromatic heterocycles. The van der Waals surface area contributed by atoms with Gasteiger partial charge in [0, 0.05) is 45.3 Å². The third kappa shape index (κ3) is 6.84. The predicted molar refractivity (Wildman–Crippen MR) is 107 cm³/mol. The quantitative estimate of drug-likeness (QED) is 0.562. The topological polar surface area (TPSA) is 78.4 Å². The molecule has 2 fully saturated rings. The molecule has 2 saturated heterocycles. The highest BCUT2D eigenvalue weighted by Gasteiger charge is 2.29. The van der Waals surface area contributed by atoms with Crippen LogP contribution in [0.3, 0.4) is 0 Å². The minimum Gasteiger partial charge on any atom is -0.444 e. The van der Waals surface area contributed by atoms with Crippen molar-refractivity contribution < 1.29 is 14.3 Å². The molecule has 3 atom stereocenters. The van der Waals surface area contributed by atoms with E-state index in [1.54, 1.807) is 7.05 Å². The molecule has 0 radical (unpaired) electrons. The van der Waals surface area contributed by atoms with Crippen LogP contribution in [0, 0.1) is 0 Å². The summed E-state index contributed by atoms with van der Waals surface area (Å²) >= 11 is 0. The predicted octanol–water partition coefficient (Wildman–Crippen LogP) is 1.27. The van der Waals surface area contributed by atoms with Gasteiger partial charge in [-0.1, -0.05) is 0 Å². The van der Waals surface area contributed by atoms with Crippen LogP contribution in [0.2, 0.25) is 0 Å². The lowest BCUT2D eigenvalue weighted by atomic mass is 10.2. The molecule has 0 spiro atoms. The van der Waals surface area contributed by atoms with E-state index in [1.165, 1.54) is 0 Å². The van der Waals surface area contributed by atoms with Gasteiger partial charge in [0.2, 0.25) is 0 Å². The van der Waals surface area contributed by atoms with E-state index in [9.17, 15) is 4.79 Å². The van der Waals surface area contributed by atoms with Gasteiger partial charge in [-0.25, -0.2) is 4.79 Å². The maximum atomic E-state index is 12.0. The van der Waals surface area contributed by atoms with Crippen molar-refractivity contribution in [2.45, 2.75) is 64.8 Å². The number of amides is 1. The fourth-order valence-electron chi connectivity index (χ4n) is 3.63. The number of hydrogen-bond acceptors (Lipinski definition) is 5. The van der Waals surface area contributed by atoms with Crippen LogP contribution in [-0.4, -0.2) is 92.0 Å². The summed E-state index contributed by atoms with van der Waals surface area (Å²) < 4.78 is 10.9. The number of rotatable bonds is 4. The SMILES string of the molecule is CN=C(NCC(C)N1CCOCC1C)N1CCC(NC(=O)OC(C)(C)C)C1. The summed E-state index contributed by atoms with van der Waals surface area (Å²) in [6.45, 7) is 15.0. The maximum Gasteiger partial charge on any atom is 0.407 e. The summed E-state index contributed by atoms with van der Waals surface area (Å²) in [5, 5.41) is 6.45. The molecule has 27 heavy (non-hydrogen) atoms. The van der Waals surface area contributed by atoms with Crippen molar-refractivity contribution in [1.82, 2.24) is 20.4 Å². The molecule has 8 heteroatoms. The standard InChI is InChI=1S/C19H37N5O3/c1-14(24-9-10-26-13-15(24)2)11-21-17(20-6)23-8-7-16(12-23)22-18(25)27-19(3,4)5/h14-16H,7-13H2,1-6H3,(H,20,21)(H,22,25). The Kier molecular flexibility index (Phi) is 7.73. The maximum absolute atomic E-state index is 12.0. The van der Waals surface area contributed by atoms with Crippen molar-refractivity contribution in [3.8, 4) is 0 Å². The van der Waals surface area contributed by atoms with Gasteiger partial charge >= 0.3 is 6.09 Å². The van der Waals surface area contributed by atoms with Gasteiger partial charge in [0.05, 0.1) is 19.3 Å². The van der Waals surface area contributed by atoms with E-state index in [4.69, 9.17) is 9.47 Å². The Bertz CT molecular complexity index is 520. The molecule has 2 aliphatic heterocycles. The smallest absolute Gasteiger partial charge is 0.407 e. The average Bonchev–Trinajstić information content (AvgIpc) is 3.02. The number of morpholine rings is 1. The molecule has 2 heterocycles. The molecule has 0 aliphatic carbocycles. The molecule has 2 rings (SSSR count). The van der Waals surface area contributed by atoms with Crippen molar-refractivity contribution in [2.75, 3.05) is 46.4 Å². The van der Waals surface area contributed by atoms with Crippen molar-refractivity contribution in [1.29, 1.82) is 0 Å². The number of hydrogen-bond donors (Lipinski definition) is 2. The van der Waals surface area contributed by atoms with Crippen LogP contribution in [0.1, 0.15) is 41.0 Å². The average molecular weight is 384 g/mol. The zero-order valence-corrected chi connectivity index (χ0v) is 17.7. The summed E-state index contributed by atoms with van der Waals surface area (Å²) in [6, 6.07) is 0.917. The minimum atomic E-state index is -0.479. The van der Waals surface area contributed by atoms with E-state index in [0.29, 0.717) is 12.1 Å². The number of alkyl carbamates (subject to hydrolysis) is 1. The number of nitrogens with zero attached hydrogens (tertiary/aromatic N) is 3. The van der Waals surface area contributed by atoms with Crippen LogP contribution in [-0.2, 0) is 9.47 Å². The number of carbonyl (C=O) groups is 1. The van der Waals surface area contributed by atoms with Crippen molar-refractivity contribution in [2.24, 2.45) is 4.99 Å². The molecule has 2 aliphatic rings. The number of aliphatic imine (C=N–C) groups is 1. The van der Waals surface area contributed by atoms with E-state index >= 15 is 0 Å². The molecule has 0 aromatic carbocycles. The molecule has 0 aromatic rings. The second-order valence-electron chi connectivity index (χ2n) is 8.52. The molecule has 3 unspecified atom stereocenters. The highest BCUT2D eigenvalue weighted by atomic mass is 16.6. The second kappa shape index (κ2) is 9.59. The Hall–Kier alpha value is -1.54. The Labute approximate surface area is 163 Å². The number of ether oxygens (including phenoxy) is 2. The van der Waals surface area contributed by atoms with Gasteiger partial charge in [-0.2, -0.15) is 0 Å². The lowest BCUT2D eigenvalue weighted by Gasteiger charge is -2.38. The van der Waals surface area contributed by atoms with Crippen LogP contribution in [0.15, 0.2) is 4.99 Å². The van der Waals surface area contributed by atoms with Gasteiger partial charge in [0.1, 0.15) is 5.60 Å². The minimum absolute atomic E-state index is 0.0788. The summed E-state index contributed by atoms with van der Waals surface area (Å²) in [5.41, 5.74) is -0.479. The lowest BCUT2D eigenvalue weighted by Crippen LogP contribution is -2.53. The highest BCUT2D eigenvalue weighted by Crippen LogP contribution is 2.13. The fraction of sp³-hybridized carbons (Fsp3) is 0.895. The third-order valence-corrected chi connectivity index (χ3v) is 4.96. The Morgan fingerprint density at radius 1 is 1.37 bits per heavy atom. The molecular weight excluding hydrogens is 346 g/mol. The largest absolute Gasteiger partial charge is 0.444 e. The van der Waals surface area contributed by atoms with Crippen LogP contribution < -0.4 is 10.6 Å². The number of likely N-dealkylation sites (tertiary alicyclic amines) is 1. The van der Waals surface area contributed by atoms with E-state index in [-0.39, 0.29) is 12.1 Å². The first kappa shape index (κ1) is 21.8. The summed E-state index contributed by atoms with van der Waals surface area (Å²) in [5.74, 6) is 0.885. The monoisotopic (exact) mass is 383 g/mol. The van der Waals surface area contributed by atoms with Gasteiger partial charge in [0.15, 0.2) is 5.96 Å². The normalized spacial score (nSPS) is 26.0. The van der Waals surface area contributed by atoms with Gasteiger partial charge in [-0.05, 0) is 41.0 Å². The van der Waals surface area contributed by atoms with Crippen molar-refractivity contribution in [3.05, 3.63) is 0 Å².